The third-order valence-electron chi connectivity index (χ3n) is 3.46. The monoisotopic (exact) mass is 369 g/mol. The summed E-state index contributed by atoms with van der Waals surface area (Å²) in [4.78, 5) is 10.2. The van der Waals surface area contributed by atoms with Gasteiger partial charge in [0.25, 0.3) is 5.69 Å². The van der Waals surface area contributed by atoms with E-state index < -0.39 is 14.9 Å². The van der Waals surface area contributed by atoms with E-state index in [2.05, 4.69) is 5.32 Å². The van der Waals surface area contributed by atoms with Gasteiger partial charge < -0.3 is 5.32 Å². The third kappa shape index (κ3) is 3.69. The molecule has 0 unspecified atom stereocenters. The number of nitrogens with one attached hydrogen (secondary N) is 1. The first-order chi connectivity index (χ1) is 9.73. The highest BCUT2D eigenvalue weighted by Crippen LogP contribution is 2.31. The number of sulfonamides is 1. The first kappa shape index (κ1) is 19.1. The van der Waals surface area contributed by atoms with Gasteiger partial charge in [0.1, 0.15) is 0 Å². The van der Waals surface area contributed by atoms with Crippen LogP contribution in [0.15, 0.2) is 17.0 Å². The van der Waals surface area contributed by atoms with Crippen molar-refractivity contribution in [1.29, 1.82) is 0 Å². The van der Waals surface area contributed by atoms with Crippen LogP contribution in [0, 0.1) is 17.0 Å². The van der Waals surface area contributed by atoms with Gasteiger partial charge >= 0.3 is 0 Å². The van der Waals surface area contributed by atoms with Gasteiger partial charge in [0.2, 0.25) is 10.0 Å². The van der Waals surface area contributed by atoms with E-state index in [0.29, 0.717) is 19.6 Å². The molecule has 2 rings (SSSR count). The first-order valence-electron chi connectivity index (χ1n) is 6.41. The minimum absolute atomic E-state index is 0. The van der Waals surface area contributed by atoms with E-state index in [1.165, 1.54) is 17.3 Å². The van der Waals surface area contributed by atoms with E-state index in [4.69, 9.17) is 11.6 Å². The van der Waals surface area contributed by atoms with Crippen LogP contribution in [0.25, 0.3) is 0 Å². The lowest BCUT2D eigenvalue weighted by Crippen LogP contribution is -2.51. The lowest BCUT2D eigenvalue weighted by molar-refractivity contribution is -0.385. The highest BCUT2D eigenvalue weighted by atomic mass is 35.5. The van der Waals surface area contributed by atoms with Gasteiger partial charge in [-0.25, -0.2) is 8.42 Å². The maximum Gasteiger partial charge on any atom is 0.275 e. The molecular weight excluding hydrogens is 353 g/mol. The molecule has 1 fully saturated rings. The SMILES string of the molecule is Cc1c(Cl)cc(S(=O)(=O)N2CCN[C@@H](C)C2)cc1[N+](=O)[O-].Cl. The van der Waals surface area contributed by atoms with E-state index in [1.807, 2.05) is 6.92 Å². The quantitative estimate of drug-likeness (QED) is 0.649. The van der Waals surface area contributed by atoms with E-state index in [-0.39, 0.29) is 39.6 Å². The number of nitrogens with zero attached hydrogens (tertiary/aromatic N) is 2. The van der Waals surface area contributed by atoms with Crippen molar-refractivity contribution < 1.29 is 13.3 Å². The average molecular weight is 370 g/mol. The van der Waals surface area contributed by atoms with E-state index in [9.17, 15) is 18.5 Å². The number of hydrogen-bond donors (Lipinski definition) is 1. The molecule has 0 saturated carbocycles. The Morgan fingerprint density at radius 1 is 1.45 bits per heavy atom. The summed E-state index contributed by atoms with van der Waals surface area (Å²) in [6.45, 7) is 4.56. The van der Waals surface area contributed by atoms with Crippen molar-refractivity contribution in [1.82, 2.24) is 9.62 Å². The molecule has 1 N–H and O–H groups in total. The summed E-state index contributed by atoms with van der Waals surface area (Å²) in [5.41, 5.74) is -0.0291. The summed E-state index contributed by atoms with van der Waals surface area (Å²) in [6.07, 6.45) is 0. The standard InChI is InChI=1S/C12H16ClN3O4S.ClH/c1-8-7-15(4-3-14-8)21(19,20)10-5-11(13)9(2)12(6-10)16(17)18;/h5-6,8,14H,3-4,7H2,1-2H3;1H/t8-;/m0./s1. The second-order valence-corrected chi connectivity index (χ2v) is 7.37. The molecule has 10 heteroatoms. The fraction of sp³-hybridized carbons (Fsp3) is 0.500. The van der Waals surface area contributed by atoms with Crippen LogP contribution in [0.4, 0.5) is 5.69 Å². The molecule has 22 heavy (non-hydrogen) atoms. The summed E-state index contributed by atoms with van der Waals surface area (Å²) >= 11 is 5.94. The number of piperazine rings is 1. The summed E-state index contributed by atoms with van der Waals surface area (Å²) in [5, 5.41) is 14.2. The summed E-state index contributed by atoms with van der Waals surface area (Å²) in [7, 11) is -3.79. The number of rotatable bonds is 3. The molecule has 1 aliphatic heterocycles. The summed E-state index contributed by atoms with van der Waals surface area (Å²) in [5.74, 6) is 0. The van der Waals surface area contributed by atoms with Crippen molar-refractivity contribution >= 4 is 39.7 Å². The van der Waals surface area contributed by atoms with Crippen LogP contribution in [-0.2, 0) is 10.0 Å². The Labute approximate surface area is 140 Å². The zero-order valence-electron chi connectivity index (χ0n) is 12.1. The van der Waals surface area contributed by atoms with Gasteiger partial charge in [0, 0.05) is 37.3 Å². The van der Waals surface area contributed by atoms with Gasteiger partial charge in [0.15, 0.2) is 0 Å². The second kappa shape index (κ2) is 7.10. The van der Waals surface area contributed by atoms with Crippen LogP contribution < -0.4 is 5.32 Å². The van der Waals surface area contributed by atoms with Gasteiger partial charge in [-0.1, -0.05) is 11.6 Å². The van der Waals surface area contributed by atoms with Crippen LogP contribution in [0.5, 0.6) is 0 Å². The molecule has 0 spiro atoms. The van der Waals surface area contributed by atoms with Crippen LogP contribution in [0.1, 0.15) is 12.5 Å². The molecule has 1 aromatic carbocycles. The molecule has 0 aromatic heterocycles. The van der Waals surface area contributed by atoms with Crippen LogP contribution in [0.2, 0.25) is 5.02 Å². The lowest BCUT2D eigenvalue weighted by atomic mass is 10.2. The van der Waals surface area contributed by atoms with Crippen molar-refractivity contribution in [3.8, 4) is 0 Å². The molecule has 1 atom stereocenters. The van der Waals surface area contributed by atoms with Crippen LogP contribution in [-0.4, -0.2) is 43.3 Å². The van der Waals surface area contributed by atoms with Crippen molar-refractivity contribution in [3.63, 3.8) is 0 Å². The number of nitro groups is 1. The van der Waals surface area contributed by atoms with Gasteiger partial charge in [-0.2, -0.15) is 4.31 Å². The number of halogens is 2. The topological polar surface area (TPSA) is 92.6 Å². The average Bonchev–Trinajstić information content (AvgIpc) is 2.41. The minimum Gasteiger partial charge on any atom is -0.312 e. The summed E-state index contributed by atoms with van der Waals surface area (Å²) < 4.78 is 26.5. The molecular formula is C12H17Cl2N3O4S. The van der Waals surface area contributed by atoms with Crippen molar-refractivity contribution in [3.05, 3.63) is 32.8 Å². The third-order valence-corrected chi connectivity index (χ3v) is 5.69. The van der Waals surface area contributed by atoms with Gasteiger partial charge in [-0.15, -0.1) is 12.4 Å². The van der Waals surface area contributed by atoms with E-state index in [1.54, 1.807) is 0 Å². The van der Waals surface area contributed by atoms with Crippen molar-refractivity contribution in [2.24, 2.45) is 0 Å². The Morgan fingerprint density at radius 2 is 2.09 bits per heavy atom. The Morgan fingerprint density at radius 3 is 2.64 bits per heavy atom. The number of nitro benzene ring substituents is 1. The Hall–Kier alpha value is -0.930. The highest BCUT2D eigenvalue weighted by molar-refractivity contribution is 7.89. The fourth-order valence-electron chi connectivity index (χ4n) is 2.24. The molecule has 0 bridgehead atoms. The molecule has 0 radical (unpaired) electrons. The Bertz CT molecular complexity index is 681. The molecule has 7 nitrogen and oxygen atoms in total. The summed E-state index contributed by atoms with van der Waals surface area (Å²) in [6, 6.07) is 2.37. The molecule has 0 amide bonds. The molecule has 124 valence electrons. The van der Waals surface area contributed by atoms with Gasteiger partial charge in [-0.05, 0) is 19.9 Å². The predicted octanol–water partition coefficient (Wildman–Crippen LogP) is 1.96. The molecule has 1 heterocycles. The molecule has 1 saturated heterocycles. The number of benzene rings is 1. The lowest BCUT2D eigenvalue weighted by Gasteiger charge is -2.31. The minimum atomic E-state index is -3.79. The zero-order chi connectivity index (χ0) is 15.8. The van der Waals surface area contributed by atoms with Gasteiger partial charge in [0.05, 0.1) is 14.8 Å². The maximum absolute atomic E-state index is 12.6. The zero-order valence-corrected chi connectivity index (χ0v) is 14.5. The second-order valence-electron chi connectivity index (χ2n) is 5.02. The Balaban J connectivity index is 0.00000242. The highest BCUT2D eigenvalue weighted by Gasteiger charge is 2.30. The smallest absolute Gasteiger partial charge is 0.275 e. The Kier molecular flexibility index (Phi) is 6.17. The fourth-order valence-corrected chi connectivity index (χ4v) is 4.10. The van der Waals surface area contributed by atoms with Crippen molar-refractivity contribution in [2.45, 2.75) is 24.8 Å². The molecule has 0 aliphatic carbocycles. The van der Waals surface area contributed by atoms with Crippen LogP contribution >= 0.6 is 24.0 Å². The molecule has 1 aliphatic rings. The van der Waals surface area contributed by atoms with E-state index in [0.717, 1.165) is 6.07 Å². The van der Waals surface area contributed by atoms with Crippen molar-refractivity contribution in [2.75, 3.05) is 19.6 Å². The first-order valence-corrected chi connectivity index (χ1v) is 8.23. The van der Waals surface area contributed by atoms with E-state index >= 15 is 0 Å². The molecule has 1 aromatic rings. The predicted molar refractivity (Wildman–Crippen MR) is 86.3 cm³/mol. The van der Waals surface area contributed by atoms with Crippen LogP contribution in [0.3, 0.4) is 0 Å². The maximum atomic E-state index is 12.6. The largest absolute Gasteiger partial charge is 0.312 e. The van der Waals surface area contributed by atoms with Gasteiger partial charge in [-0.3, -0.25) is 10.1 Å². The number of hydrogen-bond acceptors (Lipinski definition) is 5. The normalized spacial score (nSPS) is 19.5.